The zero-order chi connectivity index (χ0) is 15.7. The van der Waals surface area contributed by atoms with E-state index in [1.54, 1.807) is 24.3 Å². The van der Waals surface area contributed by atoms with E-state index in [-0.39, 0.29) is 17.1 Å². The van der Waals surface area contributed by atoms with Crippen molar-refractivity contribution in [3.05, 3.63) is 35.9 Å². The van der Waals surface area contributed by atoms with Gasteiger partial charge in [0.2, 0.25) is 12.7 Å². The van der Waals surface area contributed by atoms with Gasteiger partial charge in [-0.25, -0.2) is 4.39 Å². The number of nitrogens with one attached hydrogen (secondary N) is 1. The summed E-state index contributed by atoms with van der Waals surface area (Å²) >= 11 is 0. The normalized spacial score (nSPS) is 22.5. The third-order valence-electron chi connectivity index (χ3n) is 4.05. The molecule has 21 heavy (non-hydrogen) atoms. The molecule has 1 N–H and O–H groups in total. The van der Waals surface area contributed by atoms with Gasteiger partial charge in [0.05, 0.1) is 0 Å². The van der Waals surface area contributed by atoms with Gasteiger partial charge in [0, 0.05) is 22.7 Å². The lowest BCUT2D eigenvalue weighted by molar-refractivity contribution is -0.129. The van der Waals surface area contributed by atoms with Gasteiger partial charge in [0.1, 0.15) is 0 Å². The van der Waals surface area contributed by atoms with Crippen LogP contribution >= 0.6 is 0 Å². The molecule has 1 saturated heterocycles. The molecule has 1 aliphatic heterocycles. The molecule has 1 unspecified atom stereocenters. The molecule has 1 atom stereocenters. The molecule has 1 aliphatic rings. The molecule has 1 aromatic carbocycles. The Bertz CT molecular complexity index is 471. The molecule has 0 spiro atoms. The van der Waals surface area contributed by atoms with Crippen LogP contribution in [0.4, 0.5) is 4.39 Å². The van der Waals surface area contributed by atoms with Gasteiger partial charge < -0.3 is 10.2 Å². The molecule has 1 heterocycles. The highest BCUT2D eigenvalue weighted by Gasteiger charge is 2.41. The fourth-order valence-corrected chi connectivity index (χ4v) is 3.59. The van der Waals surface area contributed by atoms with Gasteiger partial charge in [-0.2, -0.15) is 0 Å². The number of hydrogen-bond acceptors (Lipinski definition) is 2. The van der Waals surface area contributed by atoms with Gasteiger partial charge in [-0.15, -0.1) is 0 Å². The van der Waals surface area contributed by atoms with Crippen LogP contribution in [0.15, 0.2) is 30.3 Å². The van der Waals surface area contributed by atoms with Crippen LogP contribution in [0.5, 0.6) is 0 Å². The maximum absolute atomic E-state index is 14.8. The van der Waals surface area contributed by atoms with Crippen LogP contribution < -0.4 is 5.32 Å². The van der Waals surface area contributed by atoms with Gasteiger partial charge in [0.15, 0.2) is 0 Å². The van der Waals surface area contributed by atoms with E-state index in [0.29, 0.717) is 12.0 Å². The zero-order valence-electron chi connectivity index (χ0n) is 13.3. The average molecular weight is 292 g/mol. The van der Waals surface area contributed by atoms with Crippen molar-refractivity contribution < 1.29 is 9.18 Å². The summed E-state index contributed by atoms with van der Waals surface area (Å²) < 4.78 is 14.8. The third-order valence-corrected chi connectivity index (χ3v) is 4.05. The number of alkyl halides is 1. The molecule has 0 radical (unpaired) electrons. The number of piperidine rings is 1. The van der Waals surface area contributed by atoms with Gasteiger partial charge in [-0.3, -0.25) is 4.79 Å². The van der Waals surface area contributed by atoms with Crippen molar-refractivity contribution in [1.82, 2.24) is 10.2 Å². The molecule has 2 rings (SSSR count). The molecule has 0 aliphatic carbocycles. The van der Waals surface area contributed by atoms with Gasteiger partial charge in [-0.1, -0.05) is 30.3 Å². The van der Waals surface area contributed by atoms with E-state index in [0.717, 1.165) is 12.8 Å². The zero-order valence-corrected chi connectivity index (χ0v) is 13.3. The van der Waals surface area contributed by atoms with Crippen LogP contribution in [0.1, 0.15) is 52.4 Å². The number of halogens is 1. The number of hydrogen-bond donors (Lipinski definition) is 1. The van der Waals surface area contributed by atoms with E-state index in [1.807, 2.05) is 6.07 Å². The molecule has 116 valence electrons. The topological polar surface area (TPSA) is 32.3 Å². The van der Waals surface area contributed by atoms with Crippen molar-refractivity contribution in [2.75, 3.05) is 0 Å². The number of amides is 1. The Morgan fingerprint density at radius 1 is 1.19 bits per heavy atom. The fraction of sp³-hybridized carbons (Fsp3) is 0.588. The Balaban J connectivity index is 2.22. The summed E-state index contributed by atoms with van der Waals surface area (Å²) in [5.74, 6) is 0. The minimum absolute atomic E-state index is 0.107. The highest BCUT2D eigenvalue weighted by molar-refractivity contribution is 5.49. The first kappa shape index (κ1) is 16.0. The van der Waals surface area contributed by atoms with Crippen LogP contribution in [-0.2, 0) is 4.79 Å². The predicted octanol–water partition coefficient (Wildman–Crippen LogP) is 3.42. The number of carbonyl (C=O) groups is 1. The summed E-state index contributed by atoms with van der Waals surface area (Å²) in [6.07, 6.45) is 0.739. The van der Waals surface area contributed by atoms with E-state index in [1.165, 1.54) is 4.90 Å². The molecule has 1 fully saturated rings. The highest BCUT2D eigenvalue weighted by Crippen LogP contribution is 2.35. The fourth-order valence-electron chi connectivity index (χ4n) is 3.59. The lowest BCUT2D eigenvalue weighted by atomic mass is 9.79. The quantitative estimate of drug-likeness (QED) is 0.681. The van der Waals surface area contributed by atoms with Crippen LogP contribution in [0.3, 0.4) is 0 Å². The largest absolute Gasteiger partial charge is 0.308 e. The Kier molecular flexibility index (Phi) is 4.38. The van der Waals surface area contributed by atoms with Crippen molar-refractivity contribution in [3.63, 3.8) is 0 Å². The standard InChI is InChI=1S/C17H25FN2O/c1-16(2)10-14(11-17(3,4)19-16)20(12-21)15(18)13-8-6-5-7-9-13/h5-9,12,14-15,19H,10-11H2,1-4H3. The molecule has 3 nitrogen and oxygen atoms in total. The van der Waals surface area contributed by atoms with Crippen LogP contribution in [-0.4, -0.2) is 28.4 Å². The Hall–Kier alpha value is -1.42. The molecule has 0 bridgehead atoms. The molecule has 0 saturated carbocycles. The summed E-state index contributed by atoms with van der Waals surface area (Å²) in [5.41, 5.74) is 0.285. The van der Waals surface area contributed by atoms with Crippen molar-refractivity contribution >= 4 is 6.41 Å². The second-order valence-electron chi connectivity index (χ2n) is 7.25. The maximum atomic E-state index is 14.8. The molecule has 0 aromatic heterocycles. The summed E-state index contributed by atoms with van der Waals surface area (Å²) in [6.45, 7) is 8.39. The van der Waals surface area contributed by atoms with E-state index < -0.39 is 6.30 Å². The van der Waals surface area contributed by atoms with Crippen LogP contribution in [0.25, 0.3) is 0 Å². The molecular formula is C17H25FN2O. The molecular weight excluding hydrogens is 267 g/mol. The Morgan fingerprint density at radius 2 is 1.71 bits per heavy atom. The van der Waals surface area contributed by atoms with E-state index >= 15 is 0 Å². The first-order valence-electron chi connectivity index (χ1n) is 7.45. The predicted molar refractivity (Wildman–Crippen MR) is 82.5 cm³/mol. The van der Waals surface area contributed by atoms with Gasteiger partial charge >= 0.3 is 0 Å². The van der Waals surface area contributed by atoms with E-state index in [2.05, 4.69) is 33.0 Å². The SMILES string of the molecule is CC1(C)CC(N(C=O)C(F)c2ccccc2)CC(C)(C)N1. The summed E-state index contributed by atoms with van der Waals surface area (Å²) in [7, 11) is 0. The number of nitrogens with zero attached hydrogens (tertiary/aromatic N) is 1. The lowest BCUT2D eigenvalue weighted by Gasteiger charge is -2.49. The monoisotopic (exact) mass is 292 g/mol. The smallest absolute Gasteiger partial charge is 0.212 e. The average Bonchev–Trinajstić information content (AvgIpc) is 2.37. The first-order valence-corrected chi connectivity index (χ1v) is 7.45. The third kappa shape index (κ3) is 3.82. The number of carbonyl (C=O) groups excluding carboxylic acids is 1. The molecule has 4 heteroatoms. The second kappa shape index (κ2) is 5.76. The Labute approximate surface area is 126 Å². The number of rotatable bonds is 4. The lowest BCUT2D eigenvalue weighted by Crippen LogP contribution is -2.62. The van der Waals surface area contributed by atoms with Gasteiger partial charge in [0.25, 0.3) is 0 Å². The highest BCUT2D eigenvalue weighted by atomic mass is 19.1. The van der Waals surface area contributed by atoms with Crippen molar-refractivity contribution in [2.24, 2.45) is 0 Å². The molecule has 1 aromatic rings. The van der Waals surface area contributed by atoms with Crippen molar-refractivity contribution in [1.29, 1.82) is 0 Å². The van der Waals surface area contributed by atoms with Crippen LogP contribution in [0, 0.1) is 0 Å². The van der Waals surface area contributed by atoms with Crippen LogP contribution in [0.2, 0.25) is 0 Å². The summed E-state index contributed by atoms with van der Waals surface area (Å²) in [4.78, 5) is 12.8. The van der Waals surface area contributed by atoms with E-state index in [4.69, 9.17) is 0 Å². The summed E-state index contributed by atoms with van der Waals surface area (Å²) in [5, 5.41) is 3.55. The maximum Gasteiger partial charge on any atom is 0.212 e. The van der Waals surface area contributed by atoms with Crippen molar-refractivity contribution in [3.8, 4) is 0 Å². The van der Waals surface area contributed by atoms with Gasteiger partial charge in [-0.05, 0) is 40.5 Å². The van der Waals surface area contributed by atoms with E-state index in [9.17, 15) is 9.18 Å². The minimum Gasteiger partial charge on any atom is -0.308 e. The number of benzene rings is 1. The van der Waals surface area contributed by atoms with Crippen molar-refractivity contribution in [2.45, 2.75) is 64.0 Å². The first-order chi connectivity index (χ1) is 9.74. The molecule has 1 amide bonds. The second-order valence-corrected chi connectivity index (χ2v) is 7.25. The summed E-state index contributed by atoms with van der Waals surface area (Å²) in [6, 6.07) is 8.77. The minimum atomic E-state index is -1.39. The Morgan fingerprint density at radius 3 is 2.19 bits per heavy atom.